The molecule has 0 spiro atoms. The molecule has 12 rings (SSSR count). The molecule has 8 nitrogen and oxygen atoms in total. The third-order valence-corrected chi connectivity index (χ3v) is 16.0. The Morgan fingerprint density at radius 1 is 0.364 bits per heavy atom. The van der Waals surface area contributed by atoms with Crippen LogP contribution in [0.5, 0.6) is 57.5 Å². The highest BCUT2D eigenvalue weighted by atomic mass is 127. The maximum Gasteiger partial charge on any atom is 0.142 e. The minimum absolute atomic E-state index is 0.0278. The van der Waals surface area contributed by atoms with E-state index in [4.69, 9.17) is 9.47 Å². The van der Waals surface area contributed by atoms with Gasteiger partial charge in [0.25, 0.3) is 0 Å². The third kappa shape index (κ3) is 6.52. The molecule has 0 radical (unpaired) electrons. The van der Waals surface area contributed by atoms with E-state index in [-0.39, 0.29) is 34.5 Å². The summed E-state index contributed by atoms with van der Waals surface area (Å²) in [5.41, 5.74) is 5.74. The molecule has 2 atom stereocenters. The van der Waals surface area contributed by atoms with Gasteiger partial charge in [-0.25, -0.2) is 0 Å². The van der Waals surface area contributed by atoms with Gasteiger partial charge in [-0.3, -0.25) is 0 Å². The molecule has 0 fully saturated rings. The summed E-state index contributed by atoms with van der Waals surface area (Å²) in [6.07, 6.45) is 0. The van der Waals surface area contributed by atoms with Crippen LogP contribution in [0.4, 0.5) is 0 Å². The number of aromatic hydroxyl groups is 6. The van der Waals surface area contributed by atoms with Crippen LogP contribution >= 0.6 is 90.4 Å². The fourth-order valence-corrected chi connectivity index (χ4v) is 13.8. The molecule has 10 aromatic rings. The van der Waals surface area contributed by atoms with E-state index < -0.39 is 11.8 Å². The van der Waals surface area contributed by atoms with Crippen LogP contribution in [0.2, 0.25) is 0 Å². The lowest BCUT2D eigenvalue weighted by molar-refractivity contribution is 0.444. The largest absolute Gasteiger partial charge is 0.508 e. The molecule has 6 N–H and O–H groups in total. The summed E-state index contributed by atoms with van der Waals surface area (Å²) in [6.45, 7) is 0. The van der Waals surface area contributed by atoms with Crippen LogP contribution in [-0.2, 0) is 0 Å². The van der Waals surface area contributed by atoms with Gasteiger partial charge in [0, 0.05) is 48.8 Å². The Kier molecular flexibility index (Phi) is 9.89. The second-order valence-electron chi connectivity index (χ2n) is 16.6. The van der Waals surface area contributed by atoms with Crippen molar-refractivity contribution in [1.82, 2.24) is 0 Å². The van der Waals surface area contributed by atoms with Gasteiger partial charge in [0.05, 0.1) is 10.7 Å². The molecular formula is C54H30I4O8. The van der Waals surface area contributed by atoms with Crippen LogP contribution in [0.25, 0.3) is 54.2 Å². The number of rotatable bonds is 3. The van der Waals surface area contributed by atoms with Gasteiger partial charge in [-0.15, -0.1) is 0 Å². The van der Waals surface area contributed by atoms with Crippen LogP contribution in [-0.4, -0.2) is 30.6 Å². The lowest BCUT2D eigenvalue weighted by Gasteiger charge is -2.32. The number of hydrogen-bond donors (Lipinski definition) is 6. The van der Waals surface area contributed by atoms with Gasteiger partial charge in [-0.1, -0.05) is 36.4 Å². The normalized spacial score (nSPS) is 15.0. The van der Waals surface area contributed by atoms with Crippen LogP contribution in [0.3, 0.4) is 0 Å². The Balaban J connectivity index is 1.10. The van der Waals surface area contributed by atoms with Crippen molar-refractivity contribution in [3.63, 3.8) is 0 Å². The number of phenolic OH excluding ortho intramolecular Hbond substituents is 6. The van der Waals surface area contributed by atoms with E-state index in [1.54, 1.807) is 42.5 Å². The minimum atomic E-state index is -0.601. The van der Waals surface area contributed by atoms with Gasteiger partial charge in [-0.2, -0.15) is 0 Å². The molecule has 10 aromatic carbocycles. The van der Waals surface area contributed by atoms with Gasteiger partial charge in [0.1, 0.15) is 57.5 Å². The average Bonchev–Trinajstić information content (AvgIpc) is 3.29. The molecular weight excluding hydrogens is 1280 g/mol. The number of halogens is 4. The number of fused-ring (bicyclic) bond motifs is 12. The van der Waals surface area contributed by atoms with Crippen LogP contribution in [0.15, 0.2) is 133 Å². The van der Waals surface area contributed by atoms with Gasteiger partial charge in [0.15, 0.2) is 0 Å². The van der Waals surface area contributed by atoms with Gasteiger partial charge in [-0.05, 0) is 242 Å². The second-order valence-corrected chi connectivity index (χ2v) is 21.4. The minimum Gasteiger partial charge on any atom is -0.508 e. The number of ether oxygens (including phenoxy) is 2. The maximum absolute atomic E-state index is 12.4. The van der Waals surface area contributed by atoms with E-state index in [0.717, 1.165) is 63.5 Å². The van der Waals surface area contributed by atoms with Crippen LogP contribution in [0, 0.1) is 14.3 Å². The molecule has 2 aliphatic heterocycles. The first-order valence-electron chi connectivity index (χ1n) is 20.6. The van der Waals surface area contributed by atoms with E-state index in [0.29, 0.717) is 61.3 Å². The van der Waals surface area contributed by atoms with Crippen molar-refractivity contribution < 1.29 is 40.1 Å². The van der Waals surface area contributed by atoms with Crippen molar-refractivity contribution in [2.45, 2.75) is 11.8 Å². The Morgan fingerprint density at radius 2 is 0.848 bits per heavy atom. The molecule has 0 bridgehead atoms. The molecule has 0 amide bonds. The molecule has 0 saturated carbocycles. The Morgan fingerprint density at radius 3 is 1.45 bits per heavy atom. The van der Waals surface area contributed by atoms with Crippen LogP contribution < -0.4 is 9.47 Å². The van der Waals surface area contributed by atoms with E-state index in [1.165, 1.54) is 0 Å². The second kappa shape index (κ2) is 15.6. The topological polar surface area (TPSA) is 140 Å². The fraction of sp³-hybridized carbons (Fsp3) is 0.0370. The average molecular weight is 1310 g/mol. The molecule has 322 valence electrons. The summed E-state index contributed by atoms with van der Waals surface area (Å²) < 4.78 is 16.3. The van der Waals surface area contributed by atoms with Crippen molar-refractivity contribution in [3.8, 4) is 68.6 Å². The first kappa shape index (κ1) is 42.0. The molecule has 0 saturated heterocycles. The van der Waals surface area contributed by atoms with Crippen LogP contribution in [0.1, 0.15) is 45.2 Å². The van der Waals surface area contributed by atoms with Crippen molar-refractivity contribution in [2.24, 2.45) is 0 Å². The lowest BCUT2D eigenvalue weighted by Crippen LogP contribution is -2.14. The summed E-state index contributed by atoms with van der Waals surface area (Å²) in [6, 6.07) is 40.9. The Hall–Kier alpha value is -5.44. The quantitative estimate of drug-likeness (QED) is 0.0962. The molecule has 2 heterocycles. The van der Waals surface area contributed by atoms with Crippen molar-refractivity contribution in [3.05, 3.63) is 181 Å². The summed E-state index contributed by atoms with van der Waals surface area (Å²) in [5, 5.41) is 74.7. The molecule has 2 aliphatic rings. The van der Waals surface area contributed by atoms with Gasteiger partial charge >= 0.3 is 0 Å². The predicted molar refractivity (Wildman–Crippen MR) is 291 cm³/mol. The monoisotopic (exact) mass is 1310 g/mol. The molecule has 0 aliphatic carbocycles. The van der Waals surface area contributed by atoms with Crippen molar-refractivity contribution in [1.29, 1.82) is 0 Å². The van der Waals surface area contributed by atoms with E-state index in [1.807, 2.05) is 91.0 Å². The van der Waals surface area contributed by atoms with Crippen molar-refractivity contribution in [2.75, 3.05) is 0 Å². The lowest BCUT2D eigenvalue weighted by atomic mass is 9.77. The van der Waals surface area contributed by atoms with E-state index >= 15 is 0 Å². The summed E-state index contributed by atoms with van der Waals surface area (Å²) in [7, 11) is 0. The maximum atomic E-state index is 12.4. The van der Waals surface area contributed by atoms with Gasteiger partial charge in [0.2, 0.25) is 0 Å². The Labute approximate surface area is 430 Å². The van der Waals surface area contributed by atoms with E-state index in [9.17, 15) is 30.6 Å². The predicted octanol–water partition coefficient (Wildman–Crippen LogP) is 15.2. The standard InChI is InChI=1S/C54H30I4O8/c55-27-16-38(53(63)41(58)17-27)52-50-33-19-29(60)7-2-24(33)4-10-45(50)66-46-12-8-31-35(20-30(61)21-37(31)51(46)52)36-13-25-5-11-44-49(34(25)22-42(36)62)47(26-14-39(56)54(64)40(57)15-26)48-32-18-28(59)6-1-23(32)3-9-43(48)65-44/h1-22,47,52,59-64H. The summed E-state index contributed by atoms with van der Waals surface area (Å²) >= 11 is 8.70. The van der Waals surface area contributed by atoms with Gasteiger partial charge < -0.3 is 40.1 Å². The zero-order valence-corrected chi connectivity index (χ0v) is 42.5. The molecule has 0 aromatic heterocycles. The highest BCUT2D eigenvalue weighted by Gasteiger charge is 2.37. The summed E-state index contributed by atoms with van der Waals surface area (Å²) in [5.74, 6) is 1.82. The summed E-state index contributed by atoms with van der Waals surface area (Å²) in [4.78, 5) is 0. The van der Waals surface area contributed by atoms with Crippen molar-refractivity contribution >= 4 is 133 Å². The SMILES string of the molecule is Oc1ccc2ccc3c(c2c1)C(c1cc(I)c(O)c(I)c1)c1c(ccc2cc(-c4cc(O)cc5c6c(ccc45)Oc4ccc5ccc(O)cc5c4C6c4cc(I)cc(I)c4O)c(O)cc12)O3. The zero-order valence-electron chi connectivity index (χ0n) is 33.9. The Bertz CT molecular complexity index is 3790. The first-order valence-corrected chi connectivity index (χ1v) is 24.9. The number of phenols is 6. The third-order valence-electron chi connectivity index (χ3n) is 12.9. The molecule has 2 unspecified atom stereocenters. The van der Waals surface area contributed by atoms with E-state index in [2.05, 4.69) is 90.4 Å². The first-order chi connectivity index (χ1) is 31.8. The zero-order chi connectivity index (χ0) is 45.4. The number of benzene rings is 10. The molecule has 66 heavy (non-hydrogen) atoms. The highest BCUT2D eigenvalue weighted by molar-refractivity contribution is 14.1. The molecule has 12 heteroatoms. The fourth-order valence-electron chi connectivity index (χ4n) is 10.1. The highest BCUT2D eigenvalue weighted by Crippen LogP contribution is 2.57. The number of hydrogen-bond acceptors (Lipinski definition) is 8. The smallest absolute Gasteiger partial charge is 0.142 e.